The van der Waals surface area contributed by atoms with Crippen LogP contribution < -0.4 is 5.56 Å². The number of aromatic nitrogens is 2. The highest BCUT2D eigenvalue weighted by Gasteiger charge is 2.10. The van der Waals surface area contributed by atoms with Crippen molar-refractivity contribution >= 4 is 0 Å². The Labute approximate surface area is 58.3 Å². The molecule has 1 aromatic rings. The highest BCUT2D eigenvalue weighted by Crippen LogP contribution is 2.06. The van der Waals surface area contributed by atoms with E-state index >= 15 is 0 Å². The van der Waals surface area contributed by atoms with Gasteiger partial charge in [-0.1, -0.05) is 0 Å². The summed E-state index contributed by atoms with van der Waals surface area (Å²) in [5.74, 6) is 0.938. The summed E-state index contributed by atoms with van der Waals surface area (Å²) in [6.45, 7) is 0.849. The van der Waals surface area contributed by atoms with Crippen LogP contribution in [0.25, 0.3) is 0 Å². The predicted molar refractivity (Wildman–Crippen MR) is 36.8 cm³/mol. The van der Waals surface area contributed by atoms with E-state index in [0.717, 1.165) is 25.2 Å². The Hall–Kier alpha value is -1.12. The molecule has 0 aromatic carbocycles. The Morgan fingerprint density at radius 2 is 2.50 bits per heavy atom. The molecule has 0 spiro atoms. The molecule has 1 aliphatic heterocycles. The van der Waals surface area contributed by atoms with Crippen molar-refractivity contribution < 1.29 is 0 Å². The summed E-state index contributed by atoms with van der Waals surface area (Å²) in [4.78, 5) is 15.1. The molecular formula is C7H8N2O. The standard InChI is InChI=1S/C7H8N2O/c10-7-3-4-8-6-2-1-5-9(6)7/h3-4H,1-2,5H2. The van der Waals surface area contributed by atoms with Crippen molar-refractivity contribution in [1.29, 1.82) is 0 Å². The molecule has 0 radical (unpaired) electrons. The Morgan fingerprint density at radius 3 is 3.30 bits per heavy atom. The highest BCUT2D eigenvalue weighted by molar-refractivity contribution is 4.97. The number of hydrogen-bond donors (Lipinski definition) is 0. The quantitative estimate of drug-likeness (QED) is 0.510. The van der Waals surface area contributed by atoms with Crippen LogP contribution in [-0.4, -0.2) is 9.55 Å². The number of hydrogen-bond acceptors (Lipinski definition) is 2. The molecule has 10 heavy (non-hydrogen) atoms. The third kappa shape index (κ3) is 0.667. The summed E-state index contributed by atoms with van der Waals surface area (Å²) >= 11 is 0. The minimum Gasteiger partial charge on any atom is -0.297 e. The molecule has 2 rings (SSSR count). The van der Waals surface area contributed by atoms with Crippen LogP contribution in [0.15, 0.2) is 17.1 Å². The monoisotopic (exact) mass is 136 g/mol. The van der Waals surface area contributed by atoms with Gasteiger partial charge in [-0.3, -0.25) is 9.36 Å². The molecule has 1 aliphatic rings. The summed E-state index contributed by atoms with van der Waals surface area (Å²) in [5.41, 5.74) is 0.0856. The fourth-order valence-corrected chi connectivity index (χ4v) is 1.31. The van der Waals surface area contributed by atoms with Gasteiger partial charge >= 0.3 is 0 Å². The fourth-order valence-electron chi connectivity index (χ4n) is 1.31. The van der Waals surface area contributed by atoms with Gasteiger partial charge < -0.3 is 0 Å². The van der Waals surface area contributed by atoms with Crippen molar-refractivity contribution in [2.45, 2.75) is 19.4 Å². The van der Waals surface area contributed by atoms with E-state index in [0.29, 0.717) is 0 Å². The third-order valence-electron chi connectivity index (χ3n) is 1.80. The van der Waals surface area contributed by atoms with Gasteiger partial charge in [0.05, 0.1) is 0 Å². The molecule has 0 bridgehead atoms. The first-order valence-electron chi connectivity index (χ1n) is 3.42. The second-order valence-corrected chi connectivity index (χ2v) is 2.45. The minimum atomic E-state index is 0.0856. The predicted octanol–water partition coefficient (Wildman–Crippen LogP) is 0.190. The van der Waals surface area contributed by atoms with Gasteiger partial charge in [-0.25, -0.2) is 4.98 Å². The SMILES string of the molecule is O=c1ccnc2n1CCC2. The fraction of sp³-hybridized carbons (Fsp3) is 0.429. The Kier molecular flexibility index (Phi) is 1.09. The average molecular weight is 136 g/mol. The lowest BCUT2D eigenvalue weighted by Crippen LogP contribution is -2.18. The lowest BCUT2D eigenvalue weighted by molar-refractivity contribution is 0.711. The number of fused-ring (bicyclic) bond motifs is 1. The van der Waals surface area contributed by atoms with Gasteiger partial charge in [-0.05, 0) is 6.42 Å². The van der Waals surface area contributed by atoms with Crippen molar-refractivity contribution in [2.75, 3.05) is 0 Å². The summed E-state index contributed by atoms with van der Waals surface area (Å²) < 4.78 is 1.74. The molecule has 1 aromatic heterocycles. The lowest BCUT2D eigenvalue weighted by atomic mass is 10.4. The van der Waals surface area contributed by atoms with Crippen LogP contribution in [0.3, 0.4) is 0 Å². The van der Waals surface area contributed by atoms with E-state index in [-0.39, 0.29) is 5.56 Å². The van der Waals surface area contributed by atoms with E-state index in [1.165, 1.54) is 6.07 Å². The first-order valence-corrected chi connectivity index (χ1v) is 3.42. The van der Waals surface area contributed by atoms with Crippen molar-refractivity contribution in [1.82, 2.24) is 9.55 Å². The average Bonchev–Trinajstić information content (AvgIpc) is 2.36. The van der Waals surface area contributed by atoms with Crippen LogP contribution in [-0.2, 0) is 13.0 Å². The molecule has 3 heteroatoms. The minimum absolute atomic E-state index is 0.0856. The van der Waals surface area contributed by atoms with Crippen molar-refractivity contribution in [3.05, 3.63) is 28.4 Å². The highest BCUT2D eigenvalue weighted by atomic mass is 16.1. The van der Waals surface area contributed by atoms with Gasteiger partial charge in [-0.15, -0.1) is 0 Å². The summed E-state index contributed by atoms with van der Waals surface area (Å²) in [6.07, 6.45) is 3.60. The summed E-state index contributed by atoms with van der Waals surface area (Å²) in [7, 11) is 0. The van der Waals surface area contributed by atoms with Crippen molar-refractivity contribution in [2.24, 2.45) is 0 Å². The van der Waals surface area contributed by atoms with Gasteiger partial charge in [-0.2, -0.15) is 0 Å². The molecule has 0 amide bonds. The van der Waals surface area contributed by atoms with Crippen LogP contribution in [0.1, 0.15) is 12.2 Å². The molecule has 0 saturated heterocycles. The number of aryl methyl sites for hydroxylation is 1. The van der Waals surface area contributed by atoms with Gasteiger partial charge in [0.2, 0.25) is 0 Å². The molecule has 0 N–H and O–H groups in total. The Morgan fingerprint density at radius 1 is 1.60 bits per heavy atom. The second-order valence-electron chi connectivity index (χ2n) is 2.45. The largest absolute Gasteiger partial charge is 0.297 e. The lowest BCUT2D eigenvalue weighted by Gasteiger charge is -1.97. The van der Waals surface area contributed by atoms with Crippen LogP contribution in [0.2, 0.25) is 0 Å². The maximum atomic E-state index is 11.0. The van der Waals surface area contributed by atoms with Gasteiger partial charge in [0.15, 0.2) is 0 Å². The molecule has 0 fully saturated rings. The van der Waals surface area contributed by atoms with E-state index in [1.54, 1.807) is 10.8 Å². The van der Waals surface area contributed by atoms with Gasteiger partial charge in [0, 0.05) is 25.2 Å². The number of rotatable bonds is 0. The molecule has 0 saturated carbocycles. The molecule has 52 valence electrons. The van der Waals surface area contributed by atoms with Crippen LogP contribution in [0, 0.1) is 0 Å². The first kappa shape index (κ1) is 5.65. The molecule has 0 aliphatic carbocycles. The zero-order valence-electron chi connectivity index (χ0n) is 5.58. The van der Waals surface area contributed by atoms with Crippen LogP contribution in [0.5, 0.6) is 0 Å². The molecule has 2 heterocycles. The summed E-state index contributed by atoms with van der Waals surface area (Å²) in [5, 5.41) is 0. The Bertz CT molecular complexity index is 303. The van der Waals surface area contributed by atoms with Crippen molar-refractivity contribution in [3.63, 3.8) is 0 Å². The normalized spacial score (nSPS) is 15.2. The second kappa shape index (κ2) is 1.94. The van der Waals surface area contributed by atoms with Crippen LogP contribution in [0.4, 0.5) is 0 Å². The zero-order chi connectivity index (χ0) is 6.97. The molecule has 3 nitrogen and oxygen atoms in total. The van der Waals surface area contributed by atoms with Crippen LogP contribution >= 0.6 is 0 Å². The van der Waals surface area contributed by atoms with Crippen molar-refractivity contribution in [3.8, 4) is 0 Å². The van der Waals surface area contributed by atoms with E-state index in [2.05, 4.69) is 4.98 Å². The molecule has 0 atom stereocenters. The number of nitrogens with zero attached hydrogens (tertiary/aromatic N) is 2. The van der Waals surface area contributed by atoms with E-state index in [1.807, 2.05) is 0 Å². The maximum absolute atomic E-state index is 11.0. The Balaban J connectivity index is 2.70. The third-order valence-corrected chi connectivity index (χ3v) is 1.80. The zero-order valence-corrected chi connectivity index (χ0v) is 5.58. The van der Waals surface area contributed by atoms with E-state index in [9.17, 15) is 4.79 Å². The van der Waals surface area contributed by atoms with E-state index in [4.69, 9.17) is 0 Å². The van der Waals surface area contributed by atoms with Gasteiger partial charge in [0.25, 0.3) is 5.56 Å². The first-order chi connectivity index (χ1) is 4.88. The smallest absolute Gasteiger partial charge is 0.253 e. The molecule has 0 unspecified atom stereocenters. The summed E-state index contributed by atoms with van der Waals surface area (Å²) in [6, 6.07) is 1.51. The van der Waals surface area contributed by atoms with Gasteiger partial charge in [0.1, 0.15) is 5.82 Å². The maximum Gasteiger partial charge on any atom is 0.253 e. The molecular weight excluding hydrogens is 128 g/mol. The van der Waals surface area contributed by atoms with E-state index < -0.39 is 0 Å². The topological polar surface area (TPSA) is 34.9 Å².